The normalized spacial score (nSPS) is 16.7. The molecule has 41 heavy (non-hydrogen) atoms. The number of anilines is 1. The molecule has 0 saturated heterocycles. The summed E-state index contributed by atoms with van der Waals surface area (Å²) >= 11 is 0. The van der Waals surface area contributed by atoms with E-state index in [1.165, 1.54) is 46.2 Å². The number of nitrogens with zero attached hydrogens (tertiary/aromatic N) is 7. The lowest BCUT2D eigenvalue weighted by atomic mass is 10.1. The Labute approximate surface area is 232 Å². The first kappa shape index (κ1) is 25.8. The summed E-state index contributed by atoms with van der Waals surface area (Å²) in [5.41, 5.74) is 6.86. The molecular formula is C29H22F2N8O2. The summed E-state index contributed by atoms with van der Waals surface area (Å²) in [6, 6.07) is 11.7. The quantitative estimate of drug-likeness (QED) is 0.258. The first-order valence-corrected chi connectivity index (χ1v) is 12.8. The van der Waals surface area contributed by atoms with Gasteiger partial charge in [-0.2, -0.15) is 10.4 Å². The minimum absolute atomic E-state index is 0.0457. The second-order valence-corrected chi connectivity index (χ2v) is 9.55. The Bertz CT molecular complexity index is 1800. The van der Waals surface area contributed by atoms with Gasteiger partial charge in [0.05, 0.1) is 11.9 Å². The third-order valence-corrected chi connectivity index (χ3v) is 6.64. The number of aliphatic imine (C=N–C) groups is 1. The minimum atomic E-state index is -0.748. The molecule has 2 aliphatic rings. The predicted molar refractivity (Wildman–Crippen MR) is 146 cm³/mol. The lowest BCUT2D eigenvalue weighted by Crippen LogP contribution is -2.40. The predicted octanol–water partition coefficient (Wildman–Crippen LogP) is 4.76. The van der Waals surface area contributed by atoms with Crippen LogP contribution in [0.15, 0.2) is 77.7 Å². The van der Waals surface area contributed by atoms with Crippen LogP contribution in [-0.4, -0.2) is 42.9 Å². The third kappa shape index (κ3) is 5.25. The van der Waals surface area contributed by atoms with E-state index in [4.69, 9.17) is 10.5 Å². The molecule has 0 bridgehead atoms. The van der Waals surface area contributed by atoms with Crippen molar-refractivity contribution in [3.8, 4) is 28.8 Å². The Morgan fingerprint density at radius 3 is 2.76 bits per heavy atom. The average Bonchev–Trinajstić information content (AvgIpc) is 3.72. The molecule has 1 aliphatic heterocycles. The van der Waals surface area contributed by atoms with E-state index in [-0.39, 0.29) is 46.6 Å². The number of ether oxygens (including phenoxy) is 1. The number of carbonyl (C=O) groups is 1. The van der Waals surface area contributed by atoms with Gasteiger partial charge < -0.3 is 10.5 Å². The molecule has 2 N–H and O–H groups in total. The molecule has 4 aromatic rings. The van der Waals surface area contributed by atoms with Crippen LogP contribution in [0.5, 0.6) is 11.5 Å². The zero-order valence-corrected chi connectivity index (χ0v) is 21.5. The van der Waals surface area contributed by atoms with E-state index >= 15 is 4.39 Å². The number of carbonyl (C=O) groups excluding carboxylic acids is 1. The van der Waals surface area contributed by atoms with Gasteiger partial charge in [0.2, 0.25) is 0 Å². The number of rotatable bonds is 7. The number of hydrogen-bond donors (Lipinski definition) is 1. The smallest absolute Gasteiger partial charge is 0.269 e. The fourth-order valence-corrected chi connectivity index (χ4v) is 4.50. The molecule has 2 aromatic carbocycles. The number of amides is 1. The van der Waals surface area contributed by atoms with Gasteiger partial charge >= 0.3 is 0 Å². The molecule has 1 aliphatic carbocycles. The average molecular weight is 553 g/mol. The molecule has 1 amide bonds. The number of fused-ring (bicyclic) bond motifs is 1. The van der Waals surface area contributed by atoms with Crippen LogP contribution in [0.2, 0.25) is 0 Å². The van der Waals surface area contributed by atoms with Gasteiger partial charge in [0, 0.05) is 30.1 Å². The van der Waals surface area contributed by atoms with Crippen molar-refractivity contribution in [3.05, 3.63) is 84.4 Å². The van der Waals surface area contributed by atoms with Crippen LogP contribution < -0.4 is 10.5 Å². The summed E-state index contributed by atoms with van der Waals surface area (Å²) in [7, 11) is 0. The fraction of sp³-hybridized carbons (Fsp3) is 0.172. The highest BCUT2D eigenvalue weighted by Gasteiger charge is 2.30. The molecule has 1 saturated carbocycles. The maximum Gasteiger partial charge on any atom is 0.269 e. The lowest BCUT2D eigenvalue weighted by Gasteiger charge is -2.27. The summed E-state index contributed by atoms with van der Waals surface area (Å²) in [5, 5.41) is 14.5. The highest BCUT2D eigenvalue weighted by Crippen LogP contribution is 2.35. The van der Waals surface area contributed by atoms with Crippen molar-refractivity contribution < 1.29 is 18.3 Å². The zero-order chi connectivity index (χ0) is 28.5. The molecule has 6 rings (SSSR count). The Kier molecular flexibility index (Phi) is 6.68. The standard InChI is InChI=1S/C29H22F2N8O2/c30-19-3-1-4-20(12-19)41-21-7-8-22(23(31)13-21)26-25-27(33)35-16-36-28(25)39(37-26)15-24-34-9-2-10-38(24)29(40)18(14-32)11-17-5-6-17/h1-4,7-13,16-17,24H,5-6,15H2,(H2,33,35,36)/t24-/m0/s1. The van der Waals surface area contributed by atoms with Crippen LogP contribution in [0, 0.1) is 28.9 Å². The number of benzene rings is 2. The van der Waals surface area contributed by atoms with E-state index in [1.54, 1.807) is 30.6 Å². The van der Waals surface area contributed by atoms with Crippen LogP contribution in [-0.2, 0) is 11.3 Å². The fourth-order valence-electron chi connectivity index (χ4n) is 4.50. The Hall–Kier alpha value is -5.44. The molecule has 204 valence electrons. The summed E-state index contributed by atoms with van der Waals surface area (Å²) in [5.74, 6) is -0.895. The van der Waals surface area contributed by atoms with E-state index in [9.17, 15) is 14.4 Å². The van der Waals surface area contributed by atoms with E-state index in [0.29, 0.717) is 11.0 Å². The molecular weight excluding hydrogens is 530 g/mol. The third-order valence-electron chi connectivity index (χ3n) is 6.64. The molecule has 3 heterocycles. The van der Waals surface area contributed by atoms with Crippen LogP contribution in [0.4, 0.5) is 14.6 Å². The number of nitriles is 1. The maximum absolute atomic E-state index is 15.4. The van der Waals surface area contributed by atoms with Gasteiger partial charge in [0.25, 0.3) is 5.91 Å². The van der Waals surface area contributed by atoms with Crippen LogP contribution in [0.25, 0.3) is 22.3 Å². The number of halogens is 2. The highest BCUT2D eigenvalue weighted by atomic mass is 19.1. The number of aromatic nitrogens is 4. The second kappa shape index (κ2) is 10.6. The highest BCUT2D eigenvalue weighted by molar-refractivity contribution is 5.99. The number of hydrogen-bond acceptors (Lipinski definition) is 8. The molecule has 0 spiro atoms. The first-order valence-electron chi connectivity index (χ1n) is 12.8. The van der Waals surface area contributed by atoms with Gasteiger partial charge in [-0.15, -0.1) is 0 Å². The van der Waals surface area contributed by atoms with Gasteiger partial charge in [-0.05, 0) is 49.1 Å². The summed E-state index contributed by atoms with van der Waals surface area (Å²) in [6.45, 7) is 0.0457. The van der Waals surface area contributed by atoms with Crippen molar-refractivity contribution in [1.82, 2.24) is 24.6 Å². The minimum Gasteiger partial charge on any atom is -0.457 e. The molecule has 1 atom stereocenters. The van der Waals surface area contributed by atoms with Gasteiger partial charge in [-0.3, -0.25) is 14.7 Å². The summed E-state index contributed by atoms with van der Waals surface area (Å²) in [6.07, 6.45) is 8.85. The lowest BCUT2D eigenvalue weighted by molar-refractivity contribution is -0.126. The van der Waals surface area contributed by atoms with Crippen LogP contribution in [0.1, 0.15) is 12.8 Å². The number of nitrogens with two attached hydrogens (primary N) is 1. The van der Waals surface area contributed by atoms with E-state index in [1.807, 2.05) is 6.07 Å². The summed E-state index contributed by atoms with van der Waals surface area (Å²) < 4.78 is 36.1. The van der Waals surface area contributed by atoms with Crippen molar-refractivity contribution in [1.29, 1.82) is 5.26 Å². The van der Waals surface area contributed by atoms with Crippen LogP contribution >= 0.6 is 0 Å². The van der Waals surface area contributed by atoms with Gasteiger partial charge in [-0.25, -0.2) is 23.4 Å². The zero-order valence-electron chi connectivity index (χ0n) is 21.5. The van der Waals surface area contributed by atoms with Crippen molar-refractivity contribution in [3.63, 3.8) is 0 Å². The Morgan fingerprint density at radius 2 is 2.00 bits per heavy atom. The number of nitrogen functional groups attached to an aromatic ring is 1. The number of allylic oxidation sites excluding steroid dienone is 2. The molecule has 12 heteroatoms. The Balaban J connectivity index is 1.33. The molecule has 1 fully saturated rings. The van der Waals surface area contributed by atoms with Gasteiger partial charge in [0.1, 0.15) is 58.8 Å². The van der Waals surface area contributed by atoms with Crippen molar-refractivity contribution in [2.75, 3.05) is 5.73 Å². The van der Waals surface area contributed by atoms with Crippen LogP contribution in [0.3, 0.4) is 0 Å². The first-order chi connectivity index (χ1) is 19.9. The Morgan fingerprint density at radius 1 is 1.17 bits per heavy atom. The monoisotopic (exact) mass is 552 g/mol. The van der Waals surface area contributed by atoms with Gasteiger partial charge in [0.15, 0.2) is 5.65 Å². The molecule has 0 unspecified atom stereocenters. The van der Waals surface area contributed by atoms with E-state index in [2.05, 4.69) is 20.1 Å². The van der Waals surface area contributed by atoms with Crippen molar-refractivity contribution >= 4 is 29.0 Å². The molecule has 10 nitrogen and oxygen atoms in total. The maximum atomic E-state index is 15.4. The van der Waals surface area contributed by atoms with E-state index in [0.717, 1.165) is 18.9 Å². The molecule has 2 aromatic heterocycles. The molecule has 0 radical (unpaired) electrons. The topological polar surface area (TPSA) is 135 Å². The largest absolute Gasteiger partial charge is 0.457 e. The van der Waals surface area contributed by atoms with Crippen molar-refractivity contribution in [2.45, 2.75) is 25.6 Å². The van der Waals surface area contributed by atoms with Crippen molar-refractivity contribution in [2.24, 2.45) is 10.9 Å². The SMILES string of the molecule is N#CC(=CC1CC1)C(=O)N1C=CC=N[C@@H]1Cn1nc(-c2ccc(Oc3cccc(F)c3)cc2F)c2c(N)ncnc21. The van der Waals surface area contributed by atoms with Gasteiger partial charge in [-0.1, -0.05) is 12.1 Å². The van der Waals surface area contributed by atoms with E-state index < -0.39 is 23.7 Å². The second-order valence-electron chi connectivity index (χ2n) is 9.55. The summed E-state index contributed by atoms with van der Waals surface area (Å²) in [4.78, 5) is 27.4.